The van der Waals surface area contributed by atoms with Crippen LogP contribution in [-0.4, -0.2) is 30.2 Å². The van der Waals surface area contributed by atoms with Crippen LogP contribution in [0.2, 0.25) is 0 Å². The van der Waals surface area contributed by atoms with E-state index in [0.29, 0.717) is 12.8 Å². The zero-order valence-corrected chi connectivity index (χ0v) is 9.48. The maximum Gasteiger partial charge on any atom is 0.241 e. The van der Waals surface area contributed by atoms with Crippen molar-refractivity contribution >= 4 is 11.8 Å². The molecule has 1 aromatic carbocycles. The second-order valence-electron chi connectivity index (χ2n) is 3.52. The Kier molecular flexibility index (Phi) is 5.74. The predicted octanol–water partition coefficient (Wildman–Crippen LogP) is -0.199. The van der Waals surface area contributed by atoms with Crippen molar-refractivity contribution < 1.29 is 14.7 Å². The van der Waals surface area contributed by atoms with Gasteiger partial charge >= 0.3 is 0 Å². The van der Waals surface area contributed by atoms with Gasteiger partial charge in [-0.2, -0.15) is 0 Å². The molecule has 0 bridgehead atoms. The SMILES string of the molecule is O=C(CCc1ccccc1)NCC(=O)NCO. The number of amides is 2. The van der Waals surface area contributed by atoms with Gasteiger partial charge in [0.15, 0.2) is 0 Å². The van der Waals surface area contributed by atoms with Gasteiger partial charge in [0.25, 0.3) is 0 Å². The van der Waals surface area contributed by atoms with Gasteiger partial charge in [-0.1, -0.05) is 30.3 Å². The summed E-state index contributed by atoms with van der Waals surface area (Å²) in [5.74, 6) is -0.581. The number of carbonyl (C=O) groups excluding carboxylic acids is 2. The highest BCUT2D eigenvalue weighted by molar-refractivity contribution is 5.84. The second-order valence-corrected chi connectivity index (χ2v) is 3.52. The van der Waals surface area contributed by atoms with E-state index in [2.05, 4.69) is 10.6 Å². The lowest BCUT2D eigenvalue weighted by Gasteiger charge is -2.05. The highest BCUT2D eigenvalue weighted by atomic mass is 16.3. The molecule has 0 saturated carbocycles. The number of hydrogen-bond acceptors (Lipinski definition) is 3. The average molecular weight is 236 g/mol. The minimum absolute atomic E-state index is 0.103. The van der Waals surface area contributed by atoms with Crippen LogP contribution in [0.25, 0.3) is 0 Å². The molecule has 0 aromatic heterocycles. The van der Waals surface area contributed by atoms with Crippen molar-refractivity contribution in [2.75, 3.05) is 13.3 Å². The van der Waals surface area contributed by atoms with Crippen LogP contribution in [0.15, 0.2) is 30.3 Å². The third-order valence-corrected chi connectivity index (χ3v) is 2.21. The molecule has 17 heavy (non-hydrogen) atoms. The van der Waals surface area contributed by atoms with Crippen LogP contribution in [0.5, 0.6) is 0 Å². The Morgan fingerprint density at radius 2 is 1.76 bits per heavy atom. The molecular formula is C12H16N2O3. The van der Waals surface area contributed by atoms with Gasteiger partial charge in [-0.3, -0.25) is 9.59 Å². The maximum absolute atomic E-state index is 11.4. The Morgan fingerprint density at radius 1 is 1.06 bits per heavy atom. The molecule has 0 heterocycles. The number of benzene rings is 1. The highest BCUT2D eigenvalue weighted by Crippen LogP contribution is 2.01. The summed E-state index contributed by atoms with van der Waals surface area (Å²) >= 11 is 0. The van der Waals surface area contributed by atoms with E-state index in [0.717, 1.165) is 5.56 Å². The topological polar surface area (TPSA) is 78.4 Å². The summed E-state index contributed by atoms with van der Waals surface area (Å²) in [7, 11) is 0. The van der Waals surface area contributed by atoms with Gasteiger partial charge in [0.1, 0.15) is 6.73 Å². The lowest BCUT2D eigenvalue weighted by atomic mass is 10.1. The van der Waals surface area contributed by atoms with Crippen LogP contribution in [0, 0.1) is 0 Å². The van der Waals surface area contributed by atoms with Gasteiger partial charge in [0.05, 0.1) is 6.54 Å². The van der Waals surface area contributed by atoms with Crippen molar-refractivity contribution in [1.29, 1.82) is 0 Å². The van der Waals surface area contributed by atoms with E-state index in [9.17, 15) is 9.59 Å². The number of aryl methyl sites for hydroxylation is 1. The van der Waals surface area contributed by atoms with E-state index in [4.69, 9.17) is 5.11 Å². The van der Waals surface area contributed by atoms with E-state index in [1.165, 1.54) is 0 Å². The Labute approximate surface area is 99.8 Å². The molecule has 5 nitrogen and oxygen atoms in total. The van der Waals surface area contributed by atoms with Crippen molar-refractivity contribution in [2.45, 2.75) is 12.8 Å². The molecule has 5 heteroatoms. The van der Waals surface area contributed by atoms with E-state index in [-0.39, 0.29) is 12.5 Å². The first-order valence-corrected chi connectivity index (χ1v) is 5.40. The van der Waals surface area contributed by atoms with Gasteiger partial charge in [-0.25, -0.2) is 0 Å². The van der Waals surface area contributed by atoms with Gasteiger partial charge in [-0.15, -0.1) is 0 Å². The van der Waals surface area contributed by atoms with Crippen LogP contribution in [0.3, 0.4) is 0 Å². The summed E-state index contributed by atoms with van der Waals surface area (Å²) in [6.45, 7) is -0.521. The van der Waals surface area contributed by atoms with Gasteiger partial charge in [0, 0.05) is 6.42 Å². The molecule has 0 atom stereocenters. The largest absolute Gasteiger partial charge is 0.376 e. The first-order chi connectivity index (χ1) is 8.22. The quantitative estimate of drug-likeness (QED) is 0.599. The molecule has 0 aliphatic heterocycles. The lowest BCUT2D eigenvalue weighted by Crippen LogP contribution is -2.37. The summed E-state index contributed by atoms with van der Waals surface area (Å²) in [6, 6.07) is 9.66. The van der Waals surface area contributed by atoms with Crippen molar-refractivity contribution in [2.24, 2.45) is 0 Å². The Hall–Kier alpha value is -1.88. The summed E-state index contributed by atoms with van der Waals surface area (Å²) in [5.41, 5.74) is 1.09. The summed E-state index contributed by atoms with van der Waals surface area (Å²) in [4.78, 5) is 22.3. The monoisotopic (exact) mass is 236 g/mol. The molecule has 0 aliphatic rings. The fraction of sp³-hybridized carbons (Fsp3) is 0.333. The minimum Gasteiger partial charge on any atom is -0.376 e. The minimum atomic E-state index is -0.418. The van der Waals surface area contributed by atoms with Crippen molar-refractivity contribution in [3.05, 3.63) is 35.9 Å². The van der Waals surface area contributed by atoms with Gasteiger partial charge in [-0.05, 0) is 12.0 Å². The number of hydrogen-bond donors (Lipinski definition) is 3. The van der Waals surface area contributed by atoms with E-state index in [1.54, 1.807) is 0 Å². The van der Waals surface area contributed by atoms with Crippen molar-refractivity contribution in [1.82, 2.24) is 10.6 Å². The van der Waals surface area contributed by atoms with Crippen LogP contribution in [0.1, 0.15) is 12.0 Å². The van der Waals surface area contributed by atoms with Gasteiger partial charge < -0.3 is 15.7 Å². The molecule has 0 fully saturated rings. The lowest BCUT2D eigenvalue weighted by molar-refractivity contribution is -0.126. The number of nitrogens with one attached hydrogen (secondary N) is 2. The summed E-state index contributed by atoms with van der Waals surface area (Å²) in [6.07, 6.45) is 0.991. The Morgan fingerprint density at radius 3 is 2.41 bits per heavy atom. The van der Waals surface area contributed by atoms with Gasteiger partial charge in [0.2, 0.25) is 11.8 Å². The van der Waals surface area contributed by atoms with E-state index >= 15 is 0 Å². The fourth-order valence-corrected chi connectivity index (χ4v) is 1.32. The zero-order chi connectivity index (χ0) is 12.5. The van der Waals surface area contributed by atoms with E-state index in [1.807, 2.05) is 30.3 Å². The number of aliphatic hydroxyl groups excluding tert-OH is 1. The van der Waals surface area contributed by atoms with Crippen LogP contribution < -0.4 is 10.6 Å². The van der Waals surface area contributed by atoms with Crippen LogP contribution in [0.4, 0.5) is 0 Å². The zero-order valence-electron chi connectivity index (χ0n) is 9.48. The predicted molar refractivity (Wildman–Crippen MR) is 63.0 cm³/mol. The normalized spacial score (nSPS) is 9.71. The Balaban J connectivity index is 2.20. The summed E-state index contributed by atoms with van der Waals surface area (Å²) in [5, 5.41) is 13.1. The van der Waals surface area contributed by atoms with Crippen LogP contribution >= 0.6 is 0 Å². The smallest absolute Gasteiger partial charge is 0.241 e. The molecule has 0 spiro atoms. The first-order valence-electron chi connectivity index (χ1n) is 5.40. The molecule has 1 aromatic rings. The molecule has 1 rings (SSSR count). The molecule has 92 valence electrons. The molecule has 3 N–H and O–H groups in total. The second kappa shape index (κ2) is 7.40. The molecule has 0 aliphatic carbocycles. The highest BCUT2D eigenvalue weighted by Gasteiger charge is 2.04. The first kappa shape index (κ1) is 13.2. The molecule has 0 saturated heterocycles. The fourth-order valence-electron chi connectivity index (χ4n) is 1.32. The average Bonchev–Trinajstić information content (AvgIpc) is 2.35. The summed E-state index contributed by atoms with van der Waals surface area (Å²) < 4.78 is 0. The van der Waals surface area contributed by atoms with Crippen LogP contribution in [-0.2, 0) is 16.0 Å². The van der Waals surface area contributed by atoms with Crippen molar-refractivity contribution in [3.63, 3.8) is 0 Å². The molecule has 0 unspecified atom stereocenters. The van der Waals surface area contributed by atoms with Crippen molar-refractivity contribution in [3.8, 4) is 0 Å². The Bertz CT molecular complexity index is 365. The maximum atomic E-state index is 11.4. The third kappa shape index (κ3) is 5.67. The number of rotatable bonds is 6. The molecule has 2 amide bonds. The molecule has 0 radical (unpaired) electrons. The van der Waals surface area contributed by atoms with E-state index < -0.39 is 12.6 Å². The third-order valence-electron chi connectivity index (χ3n) is 2.21. The number of aliphatic hydroxyl groups is 1. The molecular weight excluding hydrogens is 220 g/mol. The number of carbonyl (C=O) groups is 2. The standard InChI is InChI=1S/C12H16N2O3/c15-9-14-12(17)8-13-11(16)7-6-10-4-2-1-3-5-10/h1-5,15H,6-9H2,(H,13,16)(H,14,17).